The van der Waals surface area contributed by atoms with Crippen LogP contribution in [0, 0.1) is 0 Å². The second-order valence-corrected chi connectivity index (χ2v) is 7.64. The summed E-state index contributed by atoms with van der Waals surface area (Å²) in [6, 6.07) is 12.8. The fraction of sp³-hybridized carbons (Fsp3) is 0.292. The van der Waals surface area contributed by atoms with Crippen molar-refractivity contribution < 1.29 is 38.6 Å². The van der Waals surface area contributed by atoms with Crippen LogP contribution in [0.2, 0.25) is 0 Å². The Bertz CT molecular complexity index is 1060. The Morgan fingerprint density at radius 3 is 2.19 bits per heavy atom. The number of ether oxygens (including phenoxy) is 2. The van der Waals surface area contributed by atoms with Gasteiger partial charge in [-0.05, 0) is 30.2 Å². The molecule has 2 atom stereocenters. The minimum absolute atomic E-state index is 0.0502. The molecule has 0 aliphatic rings. The first-order chi connectivity index (χ1) is 17.2. The van der Waals surface area contributed by atoms with Gasteiger partial charge in [-0.15, -0.1) is 0 Å². The van der Waals surface area contributed by atoms with Crippen molar-refractivity contribution in [3.8, 4) is 5.75 Å². The first kappa shape index (κ1) is 27.8. The van der Waals surface area contributed by atoms with Crippen LogP contribution in [0.25, 0.3) is 0 Å². The minimum Gasteiger partial charge on any atom is -0.480 e. The summed E-state index contributed by atoms with van der Waals surface area (Å²) >= 11 is 0. The van der Waals surface area contributed by atoms with E-state index in [0.29, 0.717) is 5.56 Å². The van der Waals surface area contributed by atoms with Crippen LogP contribution in [0.5, 0.6) is 5.75 Å². The molecular formula is C24H28N4O8. The van der Waals surface area contributed by atoms with E-state index < -0.39 is 48.5 Å². The highest BCUT2D eigenvalue weighted by Crippen LogP contribution is 2.14. The van der Waals surface area contributed by atoms with Crippen LogP contribution in [0.3, 0.4) is 0 Å². The van der Waals surface area contributed by atoms with Gasteiger partial charge in [0.1, 0.15) is 24.4 Å². The van der Waals surface area contributed by atoms with E-state index in [-0.39, 0.29) is 25.3 Å². The molecule has 0 heterocycles. The van der Waals surface area contributed by atoms with Crippen LogP contribution in [-0.2, 0) is 36.9 Å². The number of nitrogens with two attached hydrogens (primary N) is 1. The summed E-state index contributed by atoms with van der Waals surface area (Å²) in [4.78, 5) is 58.7. The molecule has 12 heteroatoms. The van der Waals surface area contributed by atoms with E-state index in [0.717, 1.165) is 5.56 Å². The van der Waals surface area contributed by atoms with E-state index in [2.05, 4.69) is 16.0 Å². The van der Waals surface area contributed by atoms with E-state index in [9.17, 15) is 29.1 Å². The highest BCUT2D eigenvalue weighted by molar-refractivity contribution is 5.88. The van der Waals surface area contributed by atoms with Crippen molar-refractivity contribution in [3.05, 3.63) is 65.7 Å². The first-order valence-corrected chi connectivity index (χ1v) is 10.9. The molecule has 0 bridgehead atoms. The Labute approximate surface area is 207 Å². The molecule has 36 heavy (non-hydrogen) atoms. The Morgan fingerprint density at radius 2 is 1.58 bits per heavy atom. The third kappa shape index (κ3) is 9.81. The molecule has 0 spiro atoms. The minimum atomic E-state index is -1.26. The van der Waals surface area contributed by atoms with Crippen molar-refractivity contribution in [3.63, 3.8) is 0 Å². The summed E-state index contributed by atoms with van der Waals surface area (Å²) in [5.41, 5.74) is 6.47. The second kappa shape index (κ2) is 14.1. The number of hydrogen-bond donors (Lipinski definition) is 5. The number of amides is 3. The zero-order chi connectivity index (χ0) is 26.5. The molecule has 0 radical (unpaired) electrons. The van der Waals surface area contributed by atoms with Gasteiger partial charge in [-0.3, -0.25) is 9.59 Å². The standard InChI is InChI=1S/C24H28N4O8/c1-15(27-24(34)35-14-17-5-3-2-4-6-17)23(33)36-18-9-7-16(8-10-18)11-19(22(31)32)28-21(30)13-26-20(29)12-25/h2-10,15,19H,11-14,25H2,1H3,(H,26,29)(H,27,34)(H,28,30)(H,31,32)/t15-,19-/m0/s1. The van der Waals surface area contributed by atoms with Crippen molar-refractivity contribution in [1.29, 1.82) is 0 Å². The average Bonchev–Trinajstić information content (AvgIpc) is 2.87. The Morgan fingerprint density at radius 1 is 0.917 bits per heavy atom. The smallest absolute Gasteiger partial charge is 0.408 e. The zero-order valence-corrected chi connectivity index (χ0v) is 19.6. The highest BCUT2D eigenvalue weighted by Gasteiger charge is 2.21. The first-order valence-electron chi connectivity index (χ1n) is 10.9. The molecule has 0 unspecified atom stereocenters. The van der Waals surface area contributed by atoms with Gasteiger partial charge in [-0.1, -0.05) is 42.5 Å². The van der Waals surface area contributed by atoms with Crippen molar-refractivity contribution in [1.82, 2.24) is 16.0 Å². The van der Waals surface area contributed by atoms with E-state index in [1.54, 1.807) is 12.1 Å². The van der Waals surface area contributed by atoms with Crippen LogP contribution >= 0.6 is 0 Å². The van der Waals surface area contributed by atoms with Crippen molar-refractivity contribution in [2.24, 2.45) is 5.73 Å². The maximum absolute atomic E-state index is 12.3. The molecule has 6 N–H and O–H groups in total. The number of carbonyl (C=O) groups excluding carboxylic acids is 4. The zero-order valence-electron chi connectivity index (χ0n) is 19.6. The number of aliphatic carboxylic acids is 1. The molecular weight excluding hydrogens is 472 g/mol. The topological polar surface area (TPSA) is 186 Å². The van der Waals surface area contributed by atoms with Gasteiger partial charge in [-0.2, -0.15) is 0 Å². The molecule has 2 aromatic carbocycles. The normalized spacial score (nSPS) is 11.9. The van der Waals surface area contributed by atoms with E-state index in [1.165, 1.54) is 31.2 Å². The Hall–Kier alpha value is -4.45. The van der Waals surface area contributed by atoms with Gasteiger partial charge in [0.25, 0.3) is 0 Å². The lowest BCUT2D eigenvalue weighted by molar-refractivity contribution is -0.141. The number of benzene rings is 2. The summed E-state index contributed by atoms with van der Waals surface area (Å²) in [5, 5.41) is 16.3. The fourth-order valence-electron chi connectivity index (χ4n) is 2.83. The molecule has 2 aromatic rings. The van der Waals surface area contributed by atoms with Crippen LogP contribution in [0.1, 0.15) is 18.1 Å². The number of alkyl carbamates (subject to hydrolysis) is 1. The van der Waals surface area contributed by atoms with Gasteiger partial charge in [-0.25, -0.2) is 14.4 Å². The SMILES string of the molecule is C[C@H](NC(=O)OCc1ccccc1)C(=O)Oc1ccc(C[C@H](NC(=O)CNC(=O)CN)C(=O)O)cc1. The van der Waals surface area contributed by atoms with Gasteiger partial charge in [0, 0.05) is 6.42 Å². The Balaban J connectivity index is 1.82. The maximum Gasteiger partial charge on any atom is 0.408 e. The number of carboxylic acids is 1. The molecule has 0 fully saturated rings. The second-order valence-electron chi connectivity index (χ2n) is 7.64. The van der Waals surface area contributed by atoms with Crippen LogP contribution in [0.15, 0.2) is 54.6 Å². The summed E-state index contributed by atoms with van der Waals surface area (Å²) in [7, 11) is 0. The number of carboxylic acid groups (broad SMARTS) is 1. The third-order valence-corrected chi connectivity index (χ3v) is 4.75. The molecule has 192 valence electrons. The maximum atomic E-state index is 12.3. The van der Waals surface area contributed by atoms with Gasteiger partial charge in [0.15, 0.2) is 0 Å². The number of nitrogens with one attached hydrogen (secondary N) is 3. The molecule has 0 aliphatic heterocycles. The lowest BCUT2D eigenvalue weighted by Crippen LogP contribution is -2.47. The van der Waals surface area contributed by atoms with Crippen LogP contribution in [-0.4, -0.2) is 60.1 Å². The highest BCUT2D eigenvalue weighted by atomic mass is 16.6. The number of rotatable bonds is 12. The average molecular weight is 501 g/mol. The monoisotopic (exact) mass is 500 g/mol. The molecule has 0 saturated carbocycles. The molecule has 0 aliphatic carbocycles. The quantitative estimate of drug-likeness (QED) is 0.199. The predicted molar refractivity (Wildman–Crippen MR) is 127 cm³/mol. The summed E-state index contributed by atoms with van der Waals surface area (Å²) in [6.07, 6.45) is -0.825. The van der Waals surface area contributed by atoms with Crippen molar-refractivity contribution in [2.75, 3.05) is 13.1 Å². The van der Waals surface area contributed by atoms with Gasteiger partial charge in [0.2, 0.25) is 11.8 Å². The predicted octanol–water partition coefficient (Wildman–Crippen LogP) is 0.0937. The number of carbonyl (C=O) groups is 5. The molecule has 3 amide bonds. The molecule has 0 saturated heterocycles. The summed E-state index contributed by atoms with van der Waals surface area (Å²) in [6.45, 7) is 0.799. The van der Waals surface area contributed by atoms with Gasteiger partial charge in [0.05, 0.1) is 13.1 Å². The van der Waals surface area contributed by atoms with Gasteiger partial charge >= 0.3 is 18.0 Å². The van der Waals surface area contributed by atoms with E-state index >= 15 is 0 Å². The third-order valence-electron chi connectivity index (χ3n) is 4.75. The number of hydrogen-bond acceptors (Lipinski definition) is 8. The lowest BCUT2D eigenvalue weighted by Gasteiger charge is -2.16. The molecule has 0 aromatic heterocycles. The lowest BCUT2D eigenvalue weighted by atomic mass is 10.1. The summed E-state index contributed by atoms with van der Waals surface area (Å²) in [5.74, 6) is -3.04. The fourth-order valence-corrected chi connectivity index (χ4v) is 2.83. The largest absolute Gasteiger partial charge is 0.480 e. The molecule has 12 nitrogen and oxygen atoms in total. The van der Waals surface area contributed by atoms with E-state index in [4.69, 9.17) is 15.2 Å². The van der Waals surface area contributed by atoms with Crippen LogP contribution < -0.4 is 26.4 Å². The molecule has 2 rings (SSSR count). The van der Waals surface area contributed by atoms with Crippen molar-refractivity contribution in [2.45, 2.75) is 32.0 Å². The van der Waals surface area contributed by atoms with E-state index in [1.807, 2.05) is 18.2 Å². The van der Waals surface area contributed by atoms with Crippen LogP contribution in [0.4, 0.5) is 4.79 Å². The van der Waals surface area contributed by atoms with Crippen molar-refractivity contribution >= 4 is 29.8 Å². The number of esters is 1. The Kier molecular flexibility index (Phi) is 10.9. The summed E-state index contributed by atoms with van der Waals surface area (Å²) < 4.78 is 10.3. The van der Waals surface area contributed by atoms with Gasteiger partial charge < -0.3 is 36.3 Å².